The van der Waals surface area contributed by atoms with Gasteiger partial charge in [-0.3, -0.25) is 4.68 Å². The highest BCUT2D eigenvalue weighted by Crippen LogP contribution is 2.20. The Balaban J connectivity index is 0.00000338. The third kappa shape index (κ3) is 6.77. The minimum atomic E-state index is -1.07. The van der Waals surface area contributed by atoms with Crippen LogP contribution in [0.5, 0.6) is 0 Å². The molecule has 0 aliphatic rings. The molecule has 144 valence electrons. The zero-order valence-electron chi connectivity index (χ0n) is 15.4. The molecule has 8 heteroatoms. The van der Waals surface area contributed by atoms with E-state index in [1.165, 1.54) is 0 Å². The van der Waals surface area contributed by atoms with E-state index < -0.39 is 5.60 Å². The molecule has 0 spiro atoms. The fourth-order valence-electron chi connectivity index (χ4n) is 2.38. The molecule has 0 aliphatic heterocycles. The monoisotopic (exact) mass is 491 g/mol. The molecule has 6 nitrogen and oxygen atoms in total. The van der Waals surface area contributed by atoms with Crippen LogP contribution in [0.4, 0.5) is 0 Å². The van der Waals surface area contributed by atoms with Gasteiger partial charge in [-0.25, -0.2) is 4.99 Å². The van der Waals surface area contributed by atoms with E-state index in [4.69, 9.17) is 11.6 Å². The summed E-state index contributed by atoms with van der Waals surface area (Å²) in [7, 11) is 1.82. The number of benzene rings is 1. The molecule has 3 N–H and O–H groups in total. The standard InChI is InChI=1S/C18H26ClN5O.HI/c1-4-20-17(21-10-9-14-7-5-6-8-16(14)19)22-13-18(2,25)15-11-23-24(3)12-15;/h5-8,11-12,25H,4,9-10,13H2,1-3H3,(H2,20,21,22);1H. The maximum Gasteiger partial charge on any atom is 0.191 e. The van der Waals surface area contributed by atoms with Crippen molar-refractivity contribution in [3.63, 3.8) is 0 Å². The summed E-state index contributed by atoms with van der Waals surface area (Å²) in [6.45, 7) is 5.42. The van der Waals surface area contributed by atoms with E-state index in [0.29, 0.717) is 12.5 Å². The Hall–Kier alpha value is -1.32. The van der Waals surface area contributed by atoms with Crippen molar-refractivity contribution in [1.29, 1.82) is 0 Å². The number of aromatic nitrogens is 2. The summed E-state index contributed by atoms with van der Waals surface area (Å²) in [6, 6.07) is 7.81. The molecule has 1 heterocycles. The van der Waals surface area contributed by atoms with Gasteiger partial charge in [0.05, 0.1) is 12.7 Å². The molecule has 0 amide bonds. The Morgan fingerprint density at radius 1 is 1.35 bits per heavy atom. The number of aliphatic imine (C=N–C) groups is 1. The Bertz CT molecular complexity index is 717. The van der Waals surface area contributed by atoms with Gasteiger partial charge in [0.1, 0.15) is 5.60 Å². The first-order valence-electron chi connectivity index (χ1n) is 8.39. The third-order valence-electron chi connectivity index (χ3n) is 3.86. The quantitative estimate of drug-likeness (QED) is 0.316. The van der Waals surface area contributed by atoms with Gasteiger partial charge in [-0.05, 0) is 31.9 Å². The normalized spacial score (nSPS) is 13.7. The maximum absolute atomic E-state index is 10.6. The number of hydrogen-bond acceptors (Lipinski definition) is 3. The molecule has 1 atom stereocenters. The molecule has 1 aromatic heterocycles. The highest BCUT2D eigenvalue weighted by molar-refractivity contribution is 14.0. The lowest BCUT2D eigenvalue weighted by atomic mass is 10.0. The van der Waals surface area contributed by atoms with Gasteiger partial charge in [0.25, 0.3) is 0 Å². The van der Waals surface area contributed by atoms with Gasteiger partial charge >= 0.3 is 0 Å². The lowest BCUT2D eigenvalue weighted by Crippen LogP contribution is -2.39. The molecule has 1 unspecified atom stereocenters. The van der Waals surface area contributed by atoms with Crippen molar-refractivity contribution < 1.29 is 5.11 Å². The van der Waals surface area contributed by atoms with Crippen LogP contribution < -0.4 is 10.6 Å². The Labute approximate surface area is 177 Å². The summed E-state index contributed by atoms with van der Waals surface area (Å²) in [6.07, 6.45) is 4.25. The van der Waals surface area contributed by atoms with E-state index >= 15 is 0 Å². The topological polar surface area (TPSA) is 74.5 Å². The number of nitrogens with one attached hydrogen (secondary N) is 2. The Morgan fingerprint density at radius 2 is 2.08 bits per heavy atom. The van der Waals surface area contributed by atoms with Crippen molar-refractivity contribution in [3.05, 3.63) is 52.8 Å². The smallest absolute Gasteiger partial charge is 0.191 e. The average molecular weight is 492 g/mol. The second-order valence-electron chi connectivity index (χ2n) is 6.14. The van der Waals surface area contributed by atoms with Crippen LogP contribution in [0, 0.1) is 0 Å². The highest BCUT2D eigenvalue weighted by atomic mass is 127. The lowest BCUT2D eigenvalue weighted by Gasteiger charge is -2.20. The van der Waals surface area contributed by atoms with Gasteiger partial charge in [0, 0.05) is 36.9 Å². The van der Waals surface area contributed by atoms with Crippen molar-refractivity contribution in [1.82, 2.24) is 20.4 Å². The van der Waals surface area contributed by atoms with Crippen LogP contribution in [0.2, 0.25) is 5.02 Å². The minimum Gasteiger partial charge on any atom is -0.383 e. The largest absolute Gasteiger partial charge is 0.383 e. The predicted octanol–water partition coefficient (Wildman–Crippen LogP) is 2.70. The van der Waals surface area contributed by atoms with Crippen molar-refractivity contribution in [2.24, 2.45) is 12.0 Å². The van der Waals surface area contributed by atoms with Crippen molar-refractivity contribution in [2.45, 2.75) is 25.9 Å². The summed E-state index contributed by atoms with van der Waals surface area (Å²) in [5.41, 5.74) is 0.764. The molecule has 26 heavy (non-hydrogen) atoms. The van der Waals surface area contributed by atoms with Crippen molar-refractivity contribution in [2.75, 3.05) is 19.6 Å². The first-order valence-corrected chi connectivity index (χ1v) is 8.77. The van der Waals surface area contributed by atoms with Crippen molar-refractivity contribution >= 4 is 41.5 Å². The van der Waals surface area contributed by atoms with Crippen LogP contribution in [0.15, 0.2) is 41.7 Å². The summed E-state index contributed by atoms with van der Waals surface area (Å²) in [4.78, 5) is 4.50. The van der Waals surface area contributed by atoms with Gasteiger partial charge in [0.2, 0.25) is 0 Å². The third-order valence-corrected chi connectivity index (χ3v) is 4.23. The molecular weight excluding hydrogens is 465 g/mol. The van der Waals surface area contributed by atoms with Gasteiger partial charge in [0.15, 0.2) is 5.96 Å². The first kappa shape index (κ1) is 22.7. The Kier molecular flexibility index (Phi) is 9.38. The molecule has 2 rings (SSSR count). The molecule has 0 radical (unpaired) electrons. The van der Waals surface area contributed by atoms with Gasteiger partial charge < -0.3 is 15.7 Å². The van der Waals surface area contributed by atoms with Gasteiger partial charge in [-0.2, -0.15) is 5.10 Å². The second-order valence-corrected chi connectivity index (χ2v) is 6.55. The van der Waals surface area contributed by atoms with Crippen LogP contribution >= 0.6 is 35.6 Å². The van der Waals surface area contributed by atoms with Crippen LogP contribution in [0.3, 0.4) is 0 Å². The predicted molar refractivity (Wildman–Crippen MR) is 117 cm³/mol. The molecule has 0 saturated heterocycles. The zero-order valence-corrected chi connectivity index (χ0v) is 18.5. The van der Waals surface area contributed by atoms with E-state index in [-0.39, 0.29) is 30.5 Å². The van der Waals surface area contributed by atoms with Crippen LogP contribution in [-0.4, -0.2) is 40.5 Å². The number of nitrogens with zero attached hydrogens (tertiary/aromatic N) is 3. The average Bonchev–Trinajstić information content (AvgIpc) is 3.02. The number of rotatable bonds is 7. The van der Waals surface area contributed by atoms with Crippen LogP contribution in [0.25, 0.3) is 0 Å². The van der Waals surface area contributed by atoms with Crippen molar-refractivity contribution in [3.8, 4) is 0 Å². The summed E-state index contributed by atoms with van der Waals surface area (Å²) >= 11 is 6.18. The lowest BCUT2D eigenvalue weighted by molar-refractivity contribution is 0.0672. The first-order chi connectivity index (χ1) is 11.9. The van der Waals surface area contributed by atoms with E-state index in [9.17, 15) is 5.11 Å². The maximum atomic E-state index is 10.6. The zero-order chi connectivity index (χ0) is 18.3. The minimum absolute atomic E-state index is 0. The number of aryl methyl sites for hydroxylation is 1. The molecule has 1 aromatic carbocycles. The molecule has 0 fully saturated rings. The molecule has 0 aliphatic carbocycles. The molecule has 0 saturated carbocycles. The summed E-state index contributed by atoms with van der Waals surface area (Å²) in [5, 5.41) is 22.0. The molecular formula is C18H27ClIN5O. The number of hydrogen-bond donors (Lipinski definition) is 3. The van der Waals surface area contributed by atoms with Crippen LogP contribution in [-0.2, 0) is 19.1 Å². The van der Waals surface area contributed by atoms with Crippen LogP contribution in [0.1, 0.15) is 25.0 Å². The molecule has 0 bridgehead atoms. The van der Waals surface area contributed by atoms with E-state index in [2.05, 4.69) is 20.7 Å². The Morgan fingerprint density at radius 3 is 2.69 bits per heavy atom. The summed E-state index contributed by atoms with van der Waals surface area (Å²) in [5.74, 6) is 0.665. The van der Waals surface area contributed by atoms with E-state index in [1.54, 1.807) is 24.0 Å². The highest BCUT2D eigenvalue weighted by Gasteiger charge is 2.24. The fraction of sp³-hybridized carbons (Fsp3) is 0.444. The van der Waals surface area contributed by atoms with Gasteiger partial charge in [-0.15, -0.1) is 24.0 Å². The van der Waals surface area contributed by atoms with E-state index in [0.717, 1.165) is 29.1 Å². The second kappa shape index (κ2) is 10.7. The number of guanidine groups is 1. The molecule has 2 aromatic rings. The summed E-state index contributed by atoms with van der Waals surface area (Å²) < 4.78 is 1.67. The fourth-order valence-corrected chi connectivity index (χ4v) is 2.61. The van der Waals surface area contributed by atoms with Gasteiger partial charge in [-0.1, -0.05) is 29.8 Å². The number of aliphatic hydroxyl groups is 1. The SMILES string of the molecule is CCNC(=NCC(C)(O)c1cnn(C)c1)NCCc1ccccc1Cl.I. The number of halogens is 2. The van der Waals surface area contributed by atoms with E-state index in [1.807, 2.05) is 38.2 Å².